The normalized spacial score (nSPS) is 10.7. The largest absolute Gasteiger partial charge is 0.497 e. The number of fused-ring (bicyclic) bond motifs is 1. The number of rotatable bonds is 6. The molecule has 32 heavy (non-hydrogen) atoms. The minimum Gasteiger partial charge on any atom is -0.497 e. The number of methoxy groups -OCH3 is 1. The maximum atomic E-state index is 5.45. The van der Waals surface area contributed by atoms with Crippen LogP contribution in [0.5, 0.6) is 5.75 Å². The average Bonchev–Trinajstić information content (AvgIpc) is 2.85. The van der Waals surface area contributed by atoms with E-state index >= 15 is 0 Å². The smallest absolute Gasteiger partial charge is 0.119 e. The Balaban J connectivity index is 1.70. The molecule has 5 rings (SSSR count). The Morgan fingerprint density at radius 1 is 0.562 bits per heavy atom. The molecular weight excluding hydrogens is 392 g/mol. The predicted octanol–water partition coefficient (Wildman–Crippen LogP) is 8.00. The molecule has 0 saturated heterocycles. The molecule has 0 heterocycles. The van der Waals surface area contributed by atoms with E-state index in [1.165, 1.54) is 5.39 Å². The van der Waals surface area contributed by atoms with Crippen molar-refractivity contribution >= 4 is 33.5 Å². The Labute approximate surface area is 188 Å². The number of ether oxygens (including phenoxy) is 1. The molecule has 0 atom stereocenters. The summed E-state index contributed by atoms with van der Waals surface area (Å²) in [6.07, 6.45) is 0. The van der Waals surface area contributed by atoms with Gasteiger partial charge < -0.3 is 15.4 Å². The molecule has 0 aromatic heterocycles. The number of hydrogen-bond acceptors (Lipinski definition) is 3. The lowest BCUT2D eigenvalue weighted by atomic mass is 9.95. The topological polar surface area (TPSA) is 33.3 Å². The molecule has 2 N–H and O–H groups in total. The van der Waals surface area contributed by atoms with Crippen molar-refractivity contribution < 1.29 is 4.74 Å². The van der Waals surface area contributed by atoms with E-state index < -0.39 is 0 Å². The summed E-state index contributed by atoms with van der Waals surface area (Å²) >= 11 is 0. The van der Waals surface area contributed by atoms with Crippen molar-refractivity contribution in [1.29, 1.82) is 0 Å². The first kappa shape index (κ1) is 19.7. The van der Waals surface area contributed by atoms with E-state index in [9.17, 15) is 0 Å². The van der Waals surface area contributed by atoms with Crippen molar-refractivity contribution in [2.24, 2.45) is 0 Å². The minimum atomic E-state index is 0.855. The molecule has 0 aliphatic rings. The molecule has 0 amide bonds. The summed E-state index contributed by atoms with van der Waals surface area (Å²) < 4.78 is 5.45. The van der Waals surface area contributed by atoms with E-state index in [2.05, 4.69) is 83.4 Å². The lowest BCUT2D eigenvalue weighted by Gasteiger charge is -2.19. The van der Waals surface area contributed by atoms with E-state index in [4.69, 9.17) is 4.74 Å². The molecule has 0 unspecified atom stereocenters. The highest BCUT2D eigenvalue weighted by molar-refractivity contribution is 6.04. The van der Waals surface area contributed by atoms with Crippen LogP contribution in [0.25, 0.3) is 21.9 Å². The SMILES string of the molecule is COc1ccc2c(-c3c(Nc4ccccc4)cccc3Nc3ccccc3)cccc2c1. The summed E-state index contributed by atoms with van der Waals surface area (Å²) in [6, 6.07) is 39.5. The van der Waals surface area contributed by atoms with Gasteiger partial charge in [-0.2, -0.15) is 0 Å². The molecule has 156 valence electrons. The molecule has 5 aromatic rings. The summed E-state index contributed by atoms with van der Waals surface area (Å²) in [6.45, 7) is 0. The zero-order valence-corrected chi connectivity index (χ0v) is 17.9. The number of anilines is 4. The quantitative estimate of drug-likeness (QED) is 0.294. The van der Waals surface area contributed by atoms with E-state index in [0.29, 0.717) is 0 Å². The second-order valence-electron chi connectivity index (χ2n) is 7.60. The maximum Gasteiger partial charge on any atom is 0.119 e. The first-order valence-corrected chi connectivity index (χ1v) is 10.7. The van der Waals surface area contributed by atoms with Crippen LogP contribution in [0.4, 0.5) is 22.7 Å². The van der Waals surface area contributed by atoms with Crippen LogP contribution in [0.2, 0.25) is 0 Å². The van der Waals surface area contributed by atoms with Crippen LogP contribution < -0.4 is 15.4 Å². The Morgan fingerprint density at radius 2 is 1.16 bits per heavy atom. The van der Waals surface area contributed by atoms with Gasteiger partial charge in [-0.05, 0) is 64.9 Å². The highest BCUT2D eigenvalue weighted by atomic mass is 16.5. The average molecular weight is 417 g/mol. The Hall–Kier alpha value is -4.24. The van der Waals surface area contributed by atoms with Gasteiger partial charge in [0.25, 0.3) is 0 Å². The monoisotopic (exact) mass is 416 g/mol. The fourth-order valence-electron chi connectivity index (χ4n) is 4.01. The van der Waals surface area contributed by atoms with Gasteiger partial charge in [0.2, 0.25) is 0 Å². The van der Waals surface area contributed by atoms with Crippen LogP contribution in [0.15, 0.2) is 115 Å². The third-order valence-electron chi connectivity index (χ3n) is 5.53. The van der Waals surface area contributed by atoms with Crippen LogP contribution in [-0.2, 0) is 0 Å². The Kier molecular flexibility index (Phi) is 5.46. The van der Waals surface area contributed by atoms with Crippen molar-refractivity contribution in [3.05, 3.63) is 115 Å². The molecule has 0 saturated carbocycles. The van der Waals surface area contributed by atoms with Gasteiger partial charge in [0, 0.05) is 28.3 Å². The summed E-state index contributed by atoms with van der Waals surface area (Å²) in [4.78, 5) is 0. The number of nitrogens with one attached hydrogen (secondary N) is 2. The summed E-state index contributed by atoms with van der Waals surface area (Å²) in [5.74, 6) is 0.855. The Morgan fingerprint density at radius 3 is 1.75 bits per heavy atom. The lowest BCUT2D eigenvalue weighted by molar-refractivity contribution is 0.415. The van der Waals surface area contributed by atoms with Crippen molar-refractivity contribution in [3.63, 3.8) is 0 Å². The second-order valence-corrected chi connectivity index (χ2v) is 7.60. The van der Waals surface area contributed by atoms with E-state index in [-0.39, 0.29) is 0 Å². The standard InChI is InChI=1S/C29H24N2O/c1-32-24-18-19-25-21(20-24)10-8-15-26(25)29-27(30-22-11-4-2-5-12-22)16-9-17-28(29)31-23-13-6-3-7-14-23/h2-20,30-31H,1H3. The van der Waals surface area contributed by atoms with Crippen molar-refractivity contribution in [2.45, 2.75) is 0 Å². The fraction of sp³-hybridized carbons (Fsp3) is 0.0345. The molecule has 0 aliphatic carbocycles. The molecule has 3 nitrogen and oxygen atoms in total. The predicted molar refractivity (Wildman–Crippen MR) is 135 cm³/mol. The molecule has 0 aliphatic heterocycles. The van der Waals surface area contributed by atoms with Crippen LogP contribution >= 0.6 is 0 Å². The molecule has 0 fully saturated rings. The molecule has 0 spiro atoms. The molecular formula is C29H24N2O. The third-order valence-corrected chi connectivity index (χ3v) is 5.53. The zero-order chi connectivity index (χ0) is 21.8. The van der Waals surface area contributed by atoms with Crippen LogP contribution in [0, 0.1) is 0 Å². The second kappa shape index (κ2) is 8.86. The summed E-state index contributed by atoms with van der Waals surface area (Å²) in [5.41, 5.74) is 6.46. The van der Waals surface area contributed by atoms with Gasteiger partial charge in [-0.15, -0.1) is 0 Å². The molecule has 0 bridgehead atoms. The van der Waals surface area contributed by atoms with Crippen LogP contribution in [0.3, 0.4) is 0 Å². The van der Waals surface area contributed by atoms with Gasteiger partial charge in [0.1, 0.15) is 5.75 Å². The minimum absolute atomic E-state index is 0.855. The van der Waals surface area contributed by atoms with Crippen LogP contribution in [-0.4, -0.2) is 7.11 Å². The summed E-state index contributed by atoms with van der Waals surface area (Å²) in [5, 5.41) is 9.55. The van der Waals surface area contributed by atoms with Gasteiger partial charge in [-0.3, -0.25) is 0 Å². The van der Waals surface area contributed by atoms with E-state index in [1.807, 2.05) is 42.5 Å². The zero-order valence-electron chi connectivity index (χ0n) is 17.9. The van der Waals surface area contributed by atoms with Crippen molar-refractivity contribution in [2.75, 3.05) is 17.7 Å². The van der Waals surface area contributed by atoms with Crippen LogP contribution in [0.1, 0.15) is 0 Å². The fourth-order valence-corrected chi connectivity index (χ4v) is 4.01. The summed E-state index contributed by atoms with van der Waals surface area (Å²) in [7, 11) is 1.70. The van der Waals surface area contributed by atoms with Crippen molar-refractivity contribution in [1.82, 2.24) is 0 Å². The highest BCUT2D eigenvalue weighted by Crippen LogP contribution is 2.41. The first-order valence-electron chi connectivity index (χ1n) is 10.7. The lowest BCUT2D eigenvalue weighted by Crippen LogP contribution is -1.99. The van der Waals surface area contributed by atoms with Gasteiger partial charge in [-0.25, -0.2) is 0 Å². The highest BCUT2D eigenvalue weighted by Gasteiger charge is 2.15. The van der Waals surface area contributed by atoms with Gasteiger partial charge in [0.15, 0.2) is 0 Å². The van der Waals surface area contributed by atoms with Crippen molar-refractivity contribution in [3.8, 4) is 16.9 Å². The Bertz CT molecular complexity index is 1290. The van der Waals surface area contributed by atoms with E-state index in [0.717, 1.165) is 45.0 Å². The maximum absolute atomic E-state index is 5.45. The number of hydrogen-bond donors (Lipinski definition) is 2. The van der Waals surface area contributed by atoms with E-state index in [1.54, 1.807) is 7.11 Å². The molecule has 0 radical (unpaired) electrons. The number of para-hydroxylation sites is 2. The van der Waals surface area contributed by atoms with Gasteiger partial charge in [-0.1, -0.05) is 66.7 Å². The third kappa shape index (κ3) is 4.01. The first-order chi connectivity index (χ1) is 15.8. The number of benzene rings is 5. The van der Waals surface area contributed by atoms with Gasteiger partial charge in [0.05, 0.1) is 7.11 Å². The van der Waals surface area contributed by atoms with Gasteiger partial charge >= 0.3 is 0 Å². The molecule has 3 heteroatoms. The molecule has 5 aromatic carbocycles.